The molecule has 0 aromatic carbocycles. The van der Waals surface area contributed by atoms with Gasteiger partial charge in [0.15, 0.2) is 0 Å². The lowest BCUT2D eigenvalue weighted by molar-refractivity contribution is -0.292. The summed E-state index contributed by atoms with van der Waals surface area (Å²) in [5.74, 6) is 0. The van der Waals surface area contributed by atoms with Crippen molar-refractivity contribution in [1.29, 1.82) is 0 Å². The molecule has 0 aromatic rings. The topological polar surface area (TPSA) is 57.2 Å². The summed E-state index contributed by atoms with van der Waals surface area (Å²) >= 11 is 0. The van der Waals surface area contributed by atoms with Crippen molar-refractivity contribution in [3.63, 3.8) is 0 Å². The van der Waals surface area contributed by atoms with Gasteiger partial charge in [0.1, 0.15) is 6.10 Å². The fourth-order valence-corrected chi connectivity index (χ4v) is 1.35. The van der Waals surface area contributed by atoms with Crippen molar-refractivity contribution in [2.75, 3.05) is 19.8 Å². The van der Waals surface area contributed by atoms with Crippen molar-refractivity contribution in [3.8, 4) is 0 Å². The quantitative estimate of drug-likeness (QED) is 0.603. The molecule has 1 N–H and O–H groups in total. The highest BCUT2D eigenvalue weighted by atomic mass is 16.8. The van der Waals surface area contributed by atoms with Crippen molar-refractivity contribution in [3.05, 3.63) is 0 Å². The van der Waals surface area contributed by atoms with E-state index < -0.39 is 18.7 Å². The first-order chi connectivity index (χ1) is 6.25. The van der Waals surface area contributed by atoms with Gasteiger partial charge in [-0.15, -0.1) is 0 Å². The summed E-state index contributed by atoms with van der Waals surface area (Å²) in [6, 6.07) is 0. The Kier molecular flexibility index (Phi) is 2.80. The van der Waals surface area contributed by atoms with Gasteiger partial charge < -0.3 is 24.1 Å². The molecule has 2 atom stereocenters. The number of aliphatic hydroxyl groups excluding tert-OH is 1. The summed E-state index contributed by atoms with van der Waals surface area (Å²) in [5.41, 5.74) is 0. The average Bonchev–Trinajstić information content (AvgIpc) is 2.53. The lowest BCUT2D eigenvalue weighted by Gasteiger charge is -2.29. The van der Waals surface area contributed by atoms with Crippen LogP contribution in [0.15, 0.2) is 0 Å². The predicted molar refractivity (Wildman–Crippen MR) is 42.0 cm³/mol. The van der Waals surface area contributed by atoms with E-state index in [0.29, 0.717) is 6.61 Å². The minimum Gasteiger partial charge on any atom is -0.388 e. The molecule has 0 aromatic heterocycles. The number of ether oxygens (including phenoxy) is 4. The summed E-state index contributed by atoms with van der Waals surface area (Å²) in [7, 11) is 0. The monoisotopic (exact) mass is 190 g/mol. The number of aliphatic hydroxyl groups is 1. The number of hydrogen-bond acceptors (Lipinski definition) is 5. The molecule has 2 aliphatic heterocycles. The minimum absolute atomic E-state index is 0.0871. The van der Waals surface area contributed by atoms with Gasteiger partial charge in [0.25, 0.3) is 0 Å². The largest absolute Gasteiger partial charge is 0.388 e. The first kappa shape index (κ1) is 9.36. The lowest BCUT2D eigenvalue weighted by Crippen LogP contribution is -2.42. The van der Waals surface area contributed by atoms with Crippen molar-refractivity contribution in [2.45, 2.75) is 31.7 Å². The molecule has 13 heavy (non-hydrogen) atoms. The van der Waals surface area contributed by atoms with Crippen LogP contribution in [0, 0.1) is 0 Å². The Bertz CT molecular complexity index is 166. The molecule has 2 saturated heterocycles. The second-order valence-corrected chi connectivity index (χ2v) is 3.34. The number of rotatable bonds is 1. The lowest BCUT2D eigenvalue weighted by atomic mass is 10.4. The van der Waals surface area contributed by atoms with Gasteiger partial charge in [0.05, 0.1) is 25.9 Å². The molecular formula is C8H14O5. The van der Waals surface area contributed by atoms with Gasteiger partial charge in [-0.3, -0.25) is 0 Å². The molecule has 0 bridgehead atoms. The van der Waals surface area contributed by atoms with Crippen LogP contribution in [0.5, 0.6) is 0 Å². The van der Waals surface area contributed by atoms with Crippen molar-refractivity contribution < 1.29 is 24.1 Å². The van der Waals surface area contributed by atoms with Crippen LogP contribution in [-0.4, -0.2) is 49.7 Å². The van der Waals surface area contributed by atoms with Crippen molar-refractivity contribution in [1.82, 2.24) is 0 Å². The Morgan fingerprint density at radius 2 is 1.62 bits per heavy atom. The SMILES string of the molecule is CC1COC(C2OCC(O)CO2)O1. The second-order valence-electron chi connectivity index (χ2n) is 3.34. The third-order valence-electron chi connectivity index (χ3n) is 1.99. The highest BCUT2D eigenvalue weighted by Crippen LogP contribution is 2.19. The van der Waals surface area contributed by atoms with Crippen LogP contribution in [0.25, 0.3) is 0 Å². The van der Waals surface area contributed by atoms with Crippen LogP contribution in [0.3, 0.4) is 0 Å². The molecule has 0 spiro atoms. The Morgan fingerprint density at radius 3 is 2.15 bits per heavy atom. The van der Waals surface area contributed by atoms with Gasteiger partial charge in [-0.1, -0.05) is 0 Å². The molecule has 0 aliphatic carbocycles. The van der Waals surface area contributed by atoms with Gasteiger partial charge in [0, 0.05) is 0 Å². The summed E-state index contributed by atoms with van der Waals surface area (Å²) in [4.78, 5) is 0. The first-order valence-corrected chi connectivity index (χ1v) is 4.44. The molecule has 0 radical (unpaired) electrons. The maximum atomic E-state index is 9.09. The normalized spacial score (nSPS) is 46.6. The van der Waals surface area contributed by atoms with Crippen LogP contribution in [-0.2, 0) is 18.9 Å². The predicted octanol–water partition coefficient (Wildman–Crippen LogP) is -0.518. The molecule has 2 rings (SSSR count). The van der Waals surface area contributed by atoms with Crippen molar-refractivity contribution in [2.24, 2.45) is 0 Å². The molecule has 0 saturated carbocycles. The fourth-order valence-electron chi connectivity index (χ4n) is 1.35. The molecule has 2 fully saturated rings. The van der Waals surface area contributed by atoms with E-state index in [9.17, 15) is 0 Å². The Balaban J connectivity index is 1.81. The minimum atomic E-state index is -0.532. The van der Waals surface area contributed by atoms with Gasteiger partial charge in [0.2, 0.25) is 12.6 Å². The first-order valence-electron chi connectivity index (χ1n) is 4.44. The van der Waals surface area contributed by atoms with Gasteiger partial charge in [-0.25, -0.2) is 0 Å². The highest BCUT2D eigenvalue weighted by molar-refractivity contribution is 4.67. The standard InChI is InChI=1S/C8H14O5/c1-5-2-10-8(13-5)7-11-3-6(9)4-12-7/h5-9H,2-4H2,1H3. The second kappa shape index (κ2) is 3.89. The van der Waals surface area contributed by atoms with E-state index in [2.05, 4.69) is 0 Å². The van der Waals surface area contributed by atoms with Crippen LogP contribution >= 0.6 is 0 Å². The van der Waals surface area contributed by atoms with E-state index in [0.717, 1.165) is 0 Å². The van der Waals surface area contributed by atoms with Gasteiger partial charge >= 0.3 is 0 Å². The Hall–Kier alpha value is -0.200. The van der Waals surface area contributed by atoms with Gasteiger partial charge in [-0.05, 0) is 6.92 Å². The Morgan fingerprint density at radius 1 is 1.00 bits per heavy atom. The summed E-state index contributed by atoms with van der Waals surface area (Å²) in [5, 5.41) is 9.09. The van der Waals surface area contributed by atoms with Crippen LogP contribution in [0.4, 0.5) is 0 Å². The third kappa shape index (κ3) is 2.18. The molecule has 2 unspecified atom stereocenters. The maximum Gasteiger partial charge on any atom is 0.209 e. The smallest absolute Gasteiger partial charge is 0.209 e. The zero-order valence-corrected chi connectivity index (χ0v) is 7.51. The van der Waals surface area contributed by atoms with E-state index in [1.165, 1.54) is 0 Å². The van der Waals surface area contributed by atoms with E-state index in [1.54, 1.807) is 0 Å². The van der Waals surface area contributed by atoms with Gasteiger partial charge in [-0.2, -0.15) is 0 Å². The Labute approximate surface area is 76.5 Å². The summed E-state index contributed by atoms with van der Waals surface area (Å²) in [6.45, 7) is 3.05. The van der Waals surface area contributed by atoms with Crippen LogP contribution in [0.2, 0.25) is 0 Å². The number of hydrogen-bond donors (Lipinski definition) is 1. The van der Waals surface area contributed by atoms with E-state index in [1.807, 2.05) is 6.92 Å². The average molecular weight is 190 g/mol. The van der Waals surface area contributed by atoms with E-state index in [-0.39, 0.29) is 19.3 Å². The highest BCUT2D eigenvalue weighted by Gasteiger charge is 2.35. The van der Waals surface area contributed by atoms with Crippen LogP contribution in [0.1, 0.15) is 6.92 Å². The zero-order chi connectivity index (χ0) is 9.26. The summed E-state index contributed by atoms with van der Waals surface area (Å²) in [6.07, 6.45) is -1.38. The molecule has 5 heteroatoms. The fraction of sp³-hybridized carbons (Fsp3) is 1.00. The zero-order valence-electron chi connectivity index (χ0n) is 7.51. The van der Waals surface area contributed by atoms with E-state index >= 15 is 0 Å². The summed E-state index contributed by atoms with van der Waals surface area (Å²) < 4.78 is 21.1. The van der Waals surface area contributed by atoms with E-state index in [4.69, 9.17) is 24.1 Å². The molecule has 5 nitrogen and oxygen atoms in total. The molecule has 2 aliphatic rings. The third-order valence-corrected chi connectivity index (χ3v) is 1.99. The molecular weight excluding hydrogens is 176 g/mol. The molecule has 76 valence electrons. The molecule has 2 heterocycles. The maximum absolute atomic E-state index is 9.09. The van der Waals surface area contributed by atoms with Crippen molar-refractivity contribution >= 4 is 0 Å². The van der Waals surface area contributed by atoms with Crippen LogP contribution < -0.4 is 0 Å². The molecule has 0 amide bonds.